The number of H-pyrrole nitrogens is 1. The average Bonchev–Trinajstić information content (AvgIpc) is 3.12. The number of benzene rings is 2. The van der Waals surface area contributed by atoms with Crippen molar-refractivity contribution in [3.63, 3.8) is 0 Å². The normalized spacial score (nSPS) is 18.5. The summed E-state index contributed by atoms with van der Waals surface area (Å²) >= 11 is 6.10. The van der Waals surface area contributed by atoms with Crippen LogP contribution in [0.1, 0.15) is 16.8 Å². The van der Waals surface area contributed by atoms with Crippen LogP contribution in [0.5, 0.6) is 0 Å². The van der Waals surface area contributed by atoms with Crippen molar-refractivity contribution in [3.05, 3.63) is 74.4 Å². The molecule has 156 valence electrons. The third kappa shape index (κ3) is 3.23. The van der Waals surface area contributed by atoms with Crippen molar-refractivity contribution in [2.75, 3.05) is 6.54 Å². The minimum absolute atomic E-state index is 0.141. The lowest BCUT2D eigenvalue weighted by molar-refractivity contribution is -0.384. The predicted molar refractivity (Wildman–Crippen MR) is 114 cm³/mol. The third-order valence-corrected chi connectivity index (χ3v) is 6.02. The fraction of sp³-hybridized carbons (Fsp3) is 0.190. The number of para-hydroxylation sites is 1. The zero-order chi connectivity index (χ0) is 21.7. The van der Waals surface area contributed by atoms with Crippen LogP contribution in [0.4, 0.5) is 5.69 Å². The first-order valence-corrected chi connectivity index (χ1v) is 9.97. The monoisotopic (exact) mass is 437 g/mol. The van der Waals surface area contributed by atoms with Crippen LogP contribution in [-0.2, 0) is 22.6 Å². The smallest absolute Gasteiger partial charge is 0.270 e. The molecule has 2 aliphatic heterocycles. The van der Waals surface area contributed by atoms with Crippen LogP contribution in [0.15, 0.2) is 47.6 Å². The lowest BCUT2D eigenvalue weighted by atomic mass is 9.94. The molecule has 31 heavy (non-hydrogen) atoms. The van der Waals surface area contributed by atoms with E-state index in [9.17, 15) is 19.7 Å². The van der Waals surface area contributed by atoms with Gasteiger partial charge >= 0.3 is 0 Å². The number of aromatic amines is 1. The van der Waals surface area contributed by atoms with Crippen molar-refractivity contribution in [2.24, 2.45) is 5.10 Å². The first kappa shape index (κ1) is 19.3. The van der Waals surface area contributed by atoms with E-state index in [4.69, 9.17) is 11.6 Å². The number of carbonyl (C=O) groups excluding carboxylic acids is 2. The van der Waals surface area contributed by atoms with E-state index in [2.05, 4.69) is 10.1 Å². The maximum Gasteiger partial charge on any atom is 0.270 e. The zero-order valence-electron chi connectivity index (χ0n) is 16.1. The molecule has 1 unspecified atom stereocenters. The number of nitrogens with zero attached hydrogens (tertiary/aromatic N) is 4. The largest absolute Gasteiger partial charge is 0.357 e. The summed E-state index contributed by atoms with van der Waals surface area (Å²) < 4.78 is 0. The average molecular weight is 438 g/mol. The number of hydrogen-bond donors (Lipinski definition) is 1. The van der Waals surface area contributed by atoms with Crippen LogP contribution in [0.3, 0.4) is 0 Å². The van der Waals surface area contributed by atoms with Crippen LogP contribution in [0, 0.1) is 10.1 Å². The molecule has 1 atom stereocenters. The highest BCUT2D eigenvalue weighted by molar-refractivity contribution is 6.33. The Morgan fingerprint density at radius 1 is 1.19 bits per heavy atom. The second-order valence-corrected chi connectivity index (χ2v) is 7.88. The van der Waals surface area contributed by atoms with Gasteiger partial charge < -0.3 is 9.88 Å². The number of hydrogen-bond acceptors (Lipinski definition) is 5. The molecule has 3 heterocycles. The Morgan fingerprint density at radius 2 is 2.00 bits per heavy atom. The van der Waals surface area contributed by atoms with E-state index in [1.807, 2.05) is 24.3 Å². The second kappa shape index (κ2) is 7.21. The lowest BCUT2D eigenvalue weighted by Crippen LogP contribution is -2.60. The van der Waals surface area contributed by atoms with Crippen molar-refractivity contribution in [1.82, 2.24) is 14.9 Å². The second-order valence-electron chi connectivity index (χ2n) is 7.47. The van der Waals surface area contributed by atoms with Crippen molar-refractivity contribution < 1.29 is 14.5 Å². The summed E-state index contributed by atoms with van der Waals surface area (Å²) in [4.78, 5) is 41.3. The van der Waals surface area contributed by atoms with Gasteiger partial charge in [0.1, 0.15) is 12.6 Å². The highest BCUT2D eigenvalue weighted by Gasteiger charge is 2.43. The molecule has 0 radical (unpaired) electrons. The predicted octanol–water partition coefficient (Wildman–Crippen LogP) is 2.86. The molecular weight excluding hydrogens is 422 g/mol. The van der Waals surface area contributed by atoms with Gasteiger partial charge in [-0.05, 0) is 17.7 Å². The minimum atomic E-state index is -0.648. The van der Waals surface area contributed by atoms with Crippen molar-refractivity contribution in [1.29, 1.82) is 0 Å². The summed E-state index contributed by atoms with van der Waals surface area (Å²) in [5.74, 6) is -0.510. The molecule has 1 fully saturated rings. The molecule has 1 saturated heterocycles. The highest BCUT2D eigenvalue weighted by Crippen LogP contribution is 2.32. The van der Waals surface area contributed by atoms with Gasteiger partial charge in [0.05, 0.1) is 17.7 Å². The maximum atomic E-state index is 13.1. The van der Waals surface area contributed by atoms with Gasteiger partial charge in [0.15, 0.2) is 0 Å². The molecule has 10 heteroatoms. The summed E-state index contributed by atoms with van der Waals surface area (Å²) in [7, 11) is 0. The summed E-state index contributed by atoms with van der Waals surface area (Å²) in [6, 6.07) is 11.1. The van der Waals surface area contributed by atoms with Gasteiger partial charge in [-0.15, -0.1) is 0 Å². The van der Waals surface area contributed by atoms with E-state index >= 15 is 0 Å². The maximum absolute atomic E-state index is 13.1. The third-order valence-electron chi connectivity index (χ3n) is 5.68. The molecule has 1 N–H and O–H groups in total. The molecule has 0 spiro atoms. The van der Waals surface area contributed by atoms with Crippen molar-refractivity contribution in [2.45, 2.75) is 19.0 Å². The van der Waals surface area contributed by atoms with Gasteiger partial charge in [0, 0.05) is 45.7 Å². The fourth-order valence-electron chi connectivity index (χ4n) is 4.13. The Labute approximate surface area is 181 Å². The summed E-state index contributed by atoms with van der Waals surface area (Å²) in [6.07, 6.45) is 1.67. The van der Waals surface area contributed by atoms with Crippen LogP contribution in [0.25, 0.3) is 10.9 Å². The Balaban J connectivity index is 1.44. The molecule has 2 amide bonds. The van der Waals surface area contributed by atoms with Crippen molar-refractivity contribution >= 4 is 46.2 Å². The molecule has 1 aromatic heterocycles. The molecule has 0 aliphatic carbocycles. The first-order chi connectivity index (χ1) is 14.9. The summed E-state index contributed by atoms with van der Waals surface area (Å²) in [5.41, 5.74) is 3.10. The van der Waals surface area contributed by atoms with Gasteiger partial charge in [-0.1, -0.05) is 29.8 Å². The number of nitro groups is 1. The van der Waals surface area contributed by atoms with E-state index in [0.29, 0.717) is 18.5 Å². The molecule has 3 aromatic rings. The number of piperazine rings is 1. The quantitative estimate of drug-likeness (QED) is 0.385. The van der Waals surface area contributed by atoms with Crippen molar-refractivity contribution in [3.8, 4) is 0 Å². The SMILES string of the molecule is O=C1C2Cc3c([nH]c4ccccc34)CN2C(=O)CN1N=Cc1cc([N+](=O)[O-])ccc1Cl. The Bertz CT molecular complexity index is 1280. The Morgan fingerprint density at radius 3 is 2.81 bits per heavy atom. The Hall–Kier alpha value is -3.72. The van der Waals surface area contributed by atoms with Crippen LogP contribution in [-0.4, -0.2) is 50.4 Å². The number of rotatable bonds is 3. The molecule has 9 nitrogen and oxygen atoms in total. The van der Waals surface area contributed by atoms with Gasteiger partial charge in [0.25, 0.3) is 11.6 Å². The van der Waals surface area contributed by atoms with Gasteiger partial charge in [-0.25, -0.2) is 5.01 Å². The molecule has 0 saturated carbocycles. The molecule has 0 bridgehead atoms. The van der Waals surface area contributed by atoms with E-state index in [1.54, 1.807) is 4.90 Å². The van der Waals surface area contributed by atoms with E-state index in [1.165, 1.54) is 24.4 Å². The summed E-state index contributed by atoms with van der Waals surface area (Å²) in [5, 5.41) is 17.5. The number of nitro benzene ring substituents is 1. The first-order valence-electron chi connectivity index (χ1n) is 9.59. The van der Waals surface area contributed by atoms with Gasteiger partial charge in [0.2, 0.25) is 5.91 Å². The van der Waals surface area contributed by atoms with E-state index in [-0.39, 0.29) is 29.1 Å². The van der Waals surface area contributed by atoms with Crippen LogP contribution >= 0.6 is 11.6 Å². The number of carbonyl (C=O) groups is 2. The molecule has 5 rings (SSSR count). The topological polar surface area (TPSA) is 112 Å². The van der Waals surface area contributed by atoms with Crippen LogP contribution in [0.2, 0.25) is 5.02 Å². The summed E-state index contributed by atoms with van der Waals surface area (Å²) in [6.45, 7) is 0.140. The Kier molecular flexibility index (Phi) is 4.48. The lowest BCUT2D eigenvalue weighted by Gasteiger charge is -2.40. The van der Waals surface area contributed by atoms with E-state index < -0.39 is 11.0 Å². The molecule has 2 aromatic carbocycles. The highest BCUT2D eigenvalue weighted by atomic mass is 35.5. The van der Waals surface area contributed by atoms with E-state index in [0.717, 1.165) is 27.2 Å². The van der Waals surface area contributed by atoms with Crippen LogP contribution < -0.4 is 0 Å². The number of fused-ring (bicyclic) bond motifs is 4. The number of nitrogens with one attached hydrogen (secondary N) is 1. The zero-order valence-corrected chi connectivity index (χ0v) is 16.9. The number of amides is 2. The standard InChI is InChI=1S/C21H16ClN5O4/c22-16-6-5-13(27(30)31)7-12(16)9-23-26-11-20(28)25-10-18-15(8-19(25)21(26)29)14-3-1-2-4-17(14)24-18/h1-7,9,19,24H,8,10-11H2. The molecule has 2 aliphatic rings. The minimum Gasteiger partial charge on any atom is -0.357 e. The number of non-ortho nitro benzene ring substituents is 1. The number of aromatic nitrogens is 1. The number of halogens is 1. The van der Waals surface area contributed by atoms with Gasteiger partial charge in [-0.3, -0.25) is 19.7 Å². The van der Waals surface area contributed by atoms with Gasteiger partial charge in [-0.2, -0.15) is 5.10 Å². The number of hydrazone groups is 1. The fourth-order valence-corrected chi connectivity index (χ4v) is 4.30. The molecular formula is C21H16ClN5O4.